The maximum atomic E-state index is 9.59. The lowest BCUT2D eigenvalue weighted by atomic mass is 10.0. The van der Waals surface area contributed by atoms with Crippen molar-refractivity contribution in [1.29, 1.82) is 0 Å². The minimum atomic E-state index is 0.208. The van der Waals surface area contributed by atoms with Gasteiger partial charge in [-0.2, -0.15) is 0 Å². The molecule has 0 saturated heterocycles. The van der Waals surface area contributed by atoms with Gasteiger partial charge in [-0.3, -0.25) is 4.99 Å². The van der Waals surface area contributed by atoms with Gasteiger partial charge in [0.05, 0.1) is 11.4 Å². The molecule has 4 heteroatoms. The molecule has 0 spiro atoms. The van der Waals surface area contributed by atoms with Gasteiger partial charge in [0.15, 0.2) is 0 Å². The third-order valence-electron chi connectivity index (χ3n) is 4.22. The van der Waals surface area contributed by atoms with Crippen LogP contribution in [0.15, 0.2) is 82.7 Å². The lowest BCUT2D eigenvalue weighted by molar-refractivity contribution is 0.475. The van der Waals surface area contributed by atoms with E-state index in [-0.39, 0.29) is 11.0 Å². The number of phenols is 1. The van der Waals surface area contributed by atoms with Crippen LogP contribution in [0.1, 0.15) is 22.8 Å². The Morgan fingerprint density at radius 1 is 0.920 bits per heavy atom. The molecule has 3 aromatic rings. The second-order valence-corrected chi connectivity index (χ2v) is 7.56. The molecular formula is C21H16ClNOS. The van der Waals surface area contributed by atoms with Crippen molar-refractivity contribution in [1.82, 2.24) is 0 Å². The summed E-state index contributed by atoms with van der Waals surface area (Å²) in [7, 11) is 0. The van der Waals surface area contributed by atoms with E-state index in [2.05, 4.69) is 6.07 Å². The molecule has 1 N–H and O–H groups in total. The Morgan fingerprint density at radius 3 is 2.44 bits per heavy atom. The monoisotopic (exact) mass is 365 g/mol. The summed E-state index contributed by atoms with van der Waals surface area (Å²) in [5.74, 6) is 0.280. The maximum Gasteiger partial charge on any atom is 0.115 e. The van der Waals surface area contributed by atoms with Crippen LogP contribution in [0, 0.1) is 0 Å². The quantitative estimate of drug-likeness (QED) is 0.569. The number of benzene rings is 3. The molecule has 1 aliphatic heterocycles. The standard InChI is InChI=1S/C21H16ClNOS/c22-17-6-2-1-5-16(17)19-13-21(14-9-11-15(24)12-10-14)25-20-8-4-3-7-18(20)23-19/h1-12,21,24H,13H2. The zero-order chi connectivity index (χ0) is 17.2. The highest BCUT2D eigenvalue weighted by Crippen LogP contribution is 2.46. The van der Waals surface area contributed by atoms with E-state index in [9.17, 15) is 5.11 Å². The first-order valence-corrected chi connectivity index (χ1v) is 9.33. The van der Waals surface area contributed by atoms with Gasteiger partial charge < -0.3 is 5.11 Å². The van der Waals surface area contributed by atoms with Crippen LogP contribution in [0.5, 0.6) is 5.75 Å². The van der Waals surface area contributed by atoms with Crippen LogP contribution in [0.2, 0.25) is 5.02 Å². The molecule has 25 heavy (non-hydrogen) atoms. The first kappa shape index (κ1) is 16.2. The van der Waals surface area contributed by atoms with Crippen LogP contribution in [0.3, 0.4) is 0 Å². The number of hydrogen-bond acceptors (Lipinski definition) is 3. The van der Waals surface area contributed by atoms with E-state index >= 15 is 0 Å². The molecule has 4 rings (SSSR count). The summed E-state index contributed by atoms with van der Waals surface area (Å²) in [5, 5.41) is 10.5. The van der Waals surface area contributed by atoms with Crippen LogP contribution in [-0.4, -0.2) is 10.8 Å². The number of rotatable bonds is 2. The number of para-hydroxylation sites is 1. The van der Waals surface area contributed by atoms with Gasteiger partial charge in [0, 0.05) is 27.2 Å². The molecule has 1 heterocycles. The molecule has 1 aliphatic rings. The van der Waals surface area contributed by atoms with Crippen molar-refractivity contribution in [3.05, 3.63) is 88.9 Å². The predicted octanol–water partition coefficient (Wildman–Crippen LogP) is 6.40. The van der Waals surface area contributed by atoms with Gasteiger partial charge in [0.1, 0.15) is 5.75 Å². The molecule has 3 aromatic carbocycles. The average molecular weight is 366 g/mol. The van der Waals surface area contributed by atoms with Gasteiger partial charge in [-0.15, -0.1) is 11.8 Å². The fraction of sp³-hybridized carbons (Fsp3) is 0.0952. The Bertz CT molecular complexity index is 937. The molecule has 0 aromatic heterocycles. The summed E-state index contributed by atoms with van der Waals surface area (Å²) >= 11 is 8.23. The van der Waals surface area contributed by atoms with E-state index in [4.69, 9.17) is 16.6 Å². The fourth-order valence-corrected chi connectivity index (χ4v) is 4.43. The third kappa shape index (κ3) is 3.44. The highest BCUT2D eigenvalue weighted by Gasteiger charge is 2.23. The van der Waals surface area contributed by atoms with Crippen LogP contribution < -0.4 is 0 Å². The topological polar surface area (TPSA) is 32.6 Å². The molecule has 1 unspecified atom stereocenters. The molecule has 0 radical (unpaired) electrons. The molecule has 0 bridgehead atoms. The summed E-state index contributed by atoms with van der Waals surface area (Å²) in [6, 6.07) is 23.5. The van der Waals surface area contributed by atoms with Crippen LogP contribution >= 0.6 is 23.4 Å². The zero-order valence-electron chi connectivity index (χ0n) is 13.4. The highest BCUT2D eigenvalue weighted by atomic mass is 35.5. The van der Waals surface area contributed by atoms with E-state index in [0.717, 1.165) is 33.3 Å². The Kier molecular flexibility index (Phi) is 4.51. The van der Waals surface area contributed by atoms with Gasteiger partial charge in [-0.05, 0) is 35.9 Å². The summed E-state index contributed by atoms with van der Waals surface area (Å²) in [6.07, 6.45) is 0.772. The first-order chi connectivity index (χ1) is 12.2. The first-order valence-electron chi connectivity index (χ1n) is 8.08. The Morgan fingerprint density at radius 2 is 1.64 bits per heavy atom. The Balaban J connectivity index is 1.82. The molecular weight excluding hydrogens is 350 g/mol. The van der Waals surface area contributed by atoms with Crippen LogP contribution in [0.25, 0.3) is 0 Å². The minimum absolute atomic E-state index is 0.208. The Hall–Kier alpha value is -2.23. The summed E-state index contributed by atoms with van der Waals surface area (Å²) in [6.45, 7) is 0. The zero-order valence-corrected chi connectivity index (χ0v) is 15.0. The highest BCUT2D eigenvalue weighted by molar-refractivity contribution is 7.99. The number of aliphatic imine (C=N–C) groups is 1. The number of nitrogens with zero attached hydrogens (tertiary/aromatic N) is 1. The SMILES string of the molecule is Oc1ccc(C2CC(c3ccccc3Cl)=Nc3ccccc3S2)cc1. The molecule has 0 aliphatic carbocycles. The van der Waals surface area contributed by atoms with Crippen molar-refractivity contribution in [2.75, 3.05) is 0 Å². The van der Waals surface area contributed by atoms with Crippen molar-refractivity contribution >= 4 is 34.8 Å². The lowest BCUT2D eigenvalue weighted by Gasteiger charge is -2.16. The molecule has 1 atom stereocenters. The van der Waals surface area contributed by atoms with Gasteiger partial charge in [0.2, 0.25) is 0 Å². The number of thioether (sulfide) groups is 1. The summed E-state index contributed by atoms with van der Waals surface area (Å²) < 4.78 is 0. The normalized spacial score (nSPS) is 16.7. The third-order valence-corrected chi connectivity index (χ3v) is 5.87. The van der Waals surface area contributed by atoms with E-state index in [0.29, 0.717) is 0 Å². The summed E-state index contributed by atoms with van der Waals surface area (Å²) in [5.41, 5.74) is 4.11. The second-order valence-electron chi connectivity index (χ2n) is 5.91. The van der Waals surface area contributed by atoms with E-state index in [1.165, 1.54) is 5.56 Å². The largest absolute Gasteiger partial charge is 0.508 e. The van der Waals surface area contributed by atoms with Crippen molar-refractivity contribution in [3.8, 4) is 5.75 Å². The van der Waals surface area contributed by atoms with Gasteiger partial charge in [0.25, 0.3) is 0 Å². The van der Waals surface area contributed by atoms with Gasteiger partial charge >= 0.3 is 0 Å². The number of aromatic hydroxyl groups is 1. The lowest BCUT2D eigenvalue weighted by Crippen LogP contribution is -2.06. The second kappa shape index (κ2) is 6.95. The van der Waals surface area contributed by atoms with E-state index in [1.54, 1.807) is 23.9 Å². The van der Waals surface area contributed by atoms with Crippen molar-refractivity contribution in [3.63, 3.8) is 0 Å². The number of hydrogen-bond donors (Lipinski definition) is 1. The smallest absolute Gasteiger partial charge is 0.115 e. The molecule has 0 fully saturated rings. The number of halogens is 1. The molecule has 0 amide bonds. The molecule has 124 valence electrons. The van der Waals surface area contributed by atoms with Crippen molar-refractivity contribution in [2.45, 2.75) is 16.6 Å². The van der Waals surface area contributed by atoms with Crippen molar-refractivity contribution < 1.29 is 5.11 Å². The minimum Gasteiger partial charge on any atom is -0.508 e. The van der Waals surface area contributed by atoms with Crippen molar-refractivity contribution in [2.24, 2.45) is 4.99 Å². The number of fused-ring (bicyclic) bond motifs is 1. The summed E-state index contributed by atoms with van der Waals surface area (Å²) in [4.78, 5) is 6.08. The van der Waals surface area contributed by atoms with E-state index in [1.807, 2.05) is 54.6 Å². The average Bonchev–Trinajstić information content (AvgIpc) is 2.82. The van der Waals surface area contributed by atoms with Gasteiger partial charge in [-0.1, -0.05) is 54.1 Å². The maximum absolute atomic E-state index is 9.59. The van der Waals surface area contributed by atoms with E-state index < -0.39 is 0 Å². The molecule has 2 nitrogen and oxygen atoms in total. The molecule has 0 saturated carbocycles. The van der Waals surface area contributed by atoms with Crippen LogP contribution in [0.4, 0.5) is 5.69 Å². The number of phenolic OH excluding ortho intramolecular Hbond substituents is 1. The Labute approximate surface area is 156 Å². The fourth-order valence-electron chi connectivity index (χ4n) is 2.95. The van der Waals surface area contributed by atoms with Crippen LogP contribution in [-0.2, 0) is 0 Å². The van der Waals surface area contributed by atoms with Gasteiger partial charge in [-0.25, -0.2) is 0 Å². The predicted molar refractivity (Wildman–Crippen MR) is 105 cm³/mol.